The summed E-state index contributed by atoms with van der Waals surface area (Å²) in [7, 11) is 0. The van der Waals surface area contributed by atoms with Gasteiger partial charge in [-0.25, -0.2) is 4.79 Å². The van der Waals surface area contributed by atoms with Crippen LogP contribution in [-0.4, -0.2) is 66.9 Å². The van der Waals surface area contributed by atoms with Gasteiger partial charge in [-0.2, -0.15) is 0 Å². The molecule has 1 fully saturated rings. The monoisotopic (exact) mass is 527 g/mol. The van der Waals surface area contributed by atoms with Crippen LogP contribution in [0.5, 0.6) is 0 Å². The second kappa shape index (κ2) is 14.1. The van der Waals surface area contributed by atoms with Crippen LogP contribution < -0.4 is 16.4 Å². The van der Waals surface area contributed by atoms with Gasteiger partial charge in [-0.15, -0.1) is 0 Å². The lowest BCUT2D eigenvalue weighted by atomic mass is 10.0. The Balaban J connectivity index is 1.41. The molecular weight excluding hydrogens is 490 g/mol. The van der Waals surface area contributed by atoms with Gasteiger partial charge in [0.2, 0.25) is 0 Å². The van der Waals surface area contributed by atoms with E-state index >= 15 is 0 Å². The highest BCUT2D eigenvalue weighted by Crippen LogP contribution is 2.21. The summed E-state index contributed by atoms with van der Waals surface area (Å²) < 4.78 is 0. The van der Waals surface area contributed by atoms with E-state index in [2.05, 4.69) is 27.7 Å². The largest absolute Gasteiger partial charge is 0.352 e. The SMILES string of the molecule is NC(=O)N1CCCN(CCc2ccc(C(=O)NCCCc3ccccc3)cc2NC(=O)c2ccccc2)CC1. The summed E-state index contributed by atoms with van der Waals surface area (Å²) in [5, 5.41) is 6.03. The van der Waals surface area contributed by atoms with E-state index in [4.69, 9.17) is 5.73 Å². The van der Waals surface area contributed by atoms with E-state index in [0.29, 0.717) is 42.9 Å². The summed E-state index contributed by atoms with van der Waals surface area (Å²) in [4.78, 5) is 41.4. The van der Waals surface area contributed by atoms with E-state index in [9.17, 15) is 14.4 Å². The lowest BCUT2D eigenvalue weighted by Gasteiger charge is -2.21. The van der Waals surface area contributed by atoms with Crippen molar-refractivity contribution in [2.45, 2.75) is 25.7 Å². The second-order valence-corrected chi connectivity index (χ2v) is 9.81. The van der Waals surface area contributed by atoms with Crippen molar-refractivity contribution in [2.24, 2.45) is 5.73 Å². The molecule has 3 aromatic carbocycles. The number of benzene rings is 3. The summed E-state index contributed by atoms with van der Waals surface area (Å²) in [5.74, 6) is -0.381. The van der Waals surface area contributed by atoms with Gasteiger partial charge < -0.3 is 26.2 Å². The predicted molar refractivity (Wildman–Crippen MR) is 154 cm³/mol. The molecule has 8 nitrogen and oxygen atoms in total. The molecule has 0 saturated carbocycles. The fourth-order valence-electron chi connectivity index (χ4n) is 4.77. The third kappa shape index (κ3) is 8.41. The molecule has 0 aromatic heterocycles. The van der Waals surface area contributed by atoms with Crippen LogP contribution in [0.4, 0.5) is 10.5 Å². The van der Waals surface area contributed by atoms with E-state index in [1.807, 2.05) is 48.5 Å². The minimum Gasteiger partial charge on any atom is -0.352 e. The fraction of sp³-hybridized carbons (Fsp3) is 0.323. The molecule has 4 rings (SSSR count). The number of nitrogens with one attached hydrogen (secondary N) is 2. The number of urea groups is 1. The number of primary amides is 1. The van der Waals surface area contributed by atoms with Crippen molar-refractivity contribution < 1.29 is 14.4 Å². The third-order valence-corrected chi connectivity index (χ3v) is 7.02. The van der Waals surface area contributed by atoms with E-state index in [0.717, 1.165) is 44.5 Å². The fourth-order valence-corrected chi connectivity index (χ4v) is 4.77. The number of anilines is 1. The van der Waals surface area contributed by atoms with Gasteiger partial charge >= 0.3 is 6.03 Å². The molecule has 0 bridgehead atoms. The number of carbonyl (C=O) groups is 3. The molecule has 1 saturated heterocycles. The number of nitrogens with two attached hydrogens (primary N) is 1. The Labute approximate surface area is 230 Å². The van der Waals surface area contributed by atoms with Crippen molar-refractivity contribution in [3.8, 4) is 0 Å². The minimum atomic E-state index is -0.378. The van der Waals surface area contributed by atoms with Crippen LogP contribution >= 0.6 is 0 Å². The first-order valence-corrected chi connectivity index (χ1v) is 13.6. The minimum absolute atomic E-state index is 0.163. The van der Waals surface area contributed by atoms with Gasteiger partial charge in [0.05, 0.1) is 0 Å². The highest BCUT2D eigenvalue weighted by atomic mass is 16.2. The first kappa shape index (κ1) is 27.9. The summed E-state index contributed by atoms with van der Waals surface area (Å²) in [6.45, 7) is 4.23. The van der Waals surface area contributed by atoms with E-state index in [1.165, 1.54) is 5.56 Å². The zero-order chi connectivity index (χ0) is 27.5. The van der Waals surface area contributed by atoms with Crippen molar-refractivity contribution in [1.82, 2.24) is 15.1 Å². The molecule has 3 aromatic rings. The Morgan fingerprint density at radius 3 is 2.26 bits per heavy atom. The Morgan fingerprint density at radius 2 is 1.51 bits per heavy atom. The van der Waals surface area contributed by atoms with Crippen LogP contribution in [0, 0.1) is 0 Å². The van der Waals surface area contributed by atoms with Gasteiger partial charge in [0, 0.05) is 49.5 Å². The summed E-state index contributed by atoms with van der Waals surface area (Å²) in [5.41, 5.74) is 9.35. The second-order valence-electron chi connectivity index (χ2n) is 9.81. The Morgan fingerprint density at radius 1 is 0.769 bits per heavy atom. The van der Waals surface area contributed by atoms with Crippen LogP contribution in [0.2, 0.25) is 0 Å². The standard InChI is InChI=1S/C31H37N5O3/c32-31(39)36-19-8-18-35(21-22-36)20-16-25-14-15-27(23-28(25)34-30(38)26-12-5-2-6-13-26)29(37)33-17-7-11-24-9-3-1-4-10-24/h1-6,9-10,12-15,23H,7-8,11,16-22H2,(H2,32,39)(H,33,37)(H,34,38). The molecule has 1 aliphatic rings. The van der Waals surface area contributed by atoms with Gasteiger partial charge in [-0.1, -0.05) is 54.6 Å². The predicted octanol–water partition coefficient (Wildman–Crippen LogP) is 3.93. The molecule has 204 valence electrons. The maximum atomic E-state index is 13.0. The van der Waals surface area contributed by atoms with E-state index in [-0.39, 0.29) is 17.8 Å². The van der Waals surface area contributed by atoms with Crippen molar-refractivity contribution in [2.75, 3.05) is 44.6 Å². The zero-order valence-corrected chi connectivity index (χ0v) is 22.3. The maximum Gasteiger partial charge on any atom is 0.314 e. The van der Waals surface area contributed by atoms with Crippen LogP contribution in [0.1, 0.15) is 44.7 Å². The first-order valence-electron chi connectivity index (χ1n) is 13.6. The van der Waals surface area contributed by atoms with E-state index in [1.54, 1.807) is 23.1 Å². The molecule has 1 aliphatic heterocycles. The molecule has 39 heavy (non-hydrogen) atoms. The average molecular weight is 528 g/mol. The molecule has 0 atom stereocenters. The molecule has 1 heterocycles. The molecule has 0 aliphatic carbocycles. The number of nitrogens with zero attached hydrogens (tertiary/aromatic N) is 2. The van der Waals surface area contributed by atoms with Crippen LogP contribution in [0.15, 0.2) is 78.9 Å². The number of rotatable bonds is 10. The van der Waals surface area contributed by atoms with Crippen LogP contribution in [-0.2, 0) is 12.8 Å². The molecule has 4 N–H and O–H groups in total. The molecule has 0 spiro atoms. The quantitative estimate of drug-likeness (QED) is 0.347. The highest BCUT2D eigenvalue weighted by Gasteiger charge is 2.18. The van der Waals surface area contributed by atoms with Gasteiger partial charge in [0.15, 0.2) is 0 Å². The summed E-state index contributed by atoms with van der Waals surface area (Å²) >= 11 is 0. The number of hydrogen-bond donors (Lipinski definition) is 3. The molecule has 8 heteroatoms. The van der Waals surface area contributed by atoms with Crippen LogP contribution in [0.3, 0.4) is 0 Å². The van der Waals surface area contributed by atoms with Gasteiger partial charge in [0.1, 0.15) is 0 Å². The van der Waals surface area contributed by atoms with Crippen LogP contribution in [0.25, 0.3) is 0 Å². The molecule has 4 amide bonds. The van der Waals surface area contributed by atoms with Crippen molar-refractivity contribution >= 4 is 23.5 Å². The lowest BCUT2D eigenvalue weighted by molar-refractivity contribution is 0.0951. The Kier molecular flexibility index (Phi) is 10.1. The van der Waals surface area contributed by atoms with Crippen molar-refractivity contribution in [3.05, 3.63) is 101 Å². The lowest BCUT2D eigenvalue weighted by Crippen LogP contribution is -2.38. The van der Waals surface area contributed by atoms with Gasteiger partial charge in [0.25, 0.3) is 11.8 Å². The number of amides is 4. The first-order chi connectivity index (χ1) is 19.0. The van der Waals surface area contributed by atoms with Crippen molar-refractivity contribution in [1.29, 1.82) is 0 Å². The Hall–Kier alpha value is -4.17. The molecule has 0 unspecified atom stereocenters. The topological polar surface area (TPSA) is 108 Å². The summed E-state index contributed by atoms with van der Waals surface area (Å²) in [6.07, 6.45) is 3.30. The molecular formula is C31H37N5O3. The summed E-state index contributed by atoms with van der Waals surface area (Å²) in [6, 6.07) is 24.4. The number of carbonyl (C=O) groups excluding carboxylic acids is 3. The average Bonchev–Trinajstić information content (AvgIpc) is 3.21. The Bertz CT molecular complexity index is 1250. The van der Waals surface area contributed by atoms with E-state index < -0.39 is 0 Å². The zero-order valence-electron chi connectivity index (χ0n) is 22.3. The molecule has 0 radical (unpaired) electrons. The number of hydrogen-bond acceptors (Lipinski definition) is 4. The normalized spacial score (nSPS) is 13.9. The smallest absolute Gasteiger partial charge is 0.314 e. The van der Waals surface area contributed by atoms with Gasteiger partial charge in [-0.3, -0.25) is 9.59 Å². The maximum absolute atomic E-state index is 13.0. The highest BCUT2D eigenvalue weighted by molar-refractivity contribution is 6.05. The number of aryl methyl sites for hydroxylation is 1. The van der Waals surface area contributed by atoms with Gasteiger partial charge in [-0.05, 0) is 67.6 Å². The van der Waals surface area contributed by atoms with Crippen molar-refractivity contribution in [3.63, 3.8) is 0 Å². The third-order valence-electron chi connectivity index (χ3n) is 7.02.